The van der Waals surface area contributed by atoms with Gasteiger partial charge in [0.15, 0.2) is 0 Å². The number of fused-ring (bicyclic) bond motifs is 4. The molecule has 0 radical (unpaired) electrons. The number of aliphatic hydroxyl groups is 1. The normalized spacial score (nSPS) is 37.4. The largest absolute Gasteiger partial charge is 0.390 e. The van der Waals surface area contributed by atoms with E-state index in [-0.39, 0.29) is 0 Å². The van der Waals surface area contributed by atoms with Crippen LogP contribution in [0.3, 0.4) is 0 Å². The highest BCUT2D eigenvalue weighted by atomic mass is 16.3. The van der Waals surface area contributed by atoms with Gasteiger partial charge in [0.2, 0.25) is 0 Å². The van der Waals surface area contributed by atoms with Crippen LogP contribution < -0.4 is 0 Å². The Morgan fingerprint density at radius 2 is 2.06 bits per heavy atom. The van der Waals surface area contributed by atoms with Gasteiger partial charge in [-0.05, 0) is 99.5 Å². The molecule has 0 aliphatic heterocycles. The predicted octanol–water partition coefficient (Wildman–Crippen LogP) is 6.99. The molecule has 2 aromatic rings. The second kappa shape index (κ2) is 8.21. The van der Waals surface area contributed by atoms with Gasteiger partial charge in [-0.3, -0.25) is 0 Å². The molecule has 0 bridgehead atoms. The number of nitrogens with zero attached hydrogens (tertiary/aromatic N) is 2. The van der Waals surface area contributed by atoms with E-state index in [0.29, 0.717) is 11.3 Å². The molecule has 2 aromatic heterocycles. The molecular weight excluding hydrogens is 380 g/mol. The Morgan fingerprint density at radius 3 is 2.87 bits per heavy atom. The first-order chi connectivity index (χ1) is 14.9. The summed E-state index contributed by atoms with van der Waals surface area (Å²) < 4.78 is 2.20. The summed E-state index contributed by atoms with van der Waals surface area (Å²) in [5, 5.41) is 10.9. The van der Waals surface area contributed by atoms with Crippen LogP contribution in [-0.2, 0) is 0 Å². The van der Waals surface area contributed by atoms with Crippen molar-refractivity contribution in [1.29, 1.82) is 0 Å². The molecule has 3 nitrogen and oxygen atoms in total. The van der Waals surface area contributed by atoms with Crippen molar-refractivity contribution in [2.75, 3.05) is 0 Å². The summed E-state index contributed by atoms with van der Waals surface area (Å²) in [5.41, 5.74) is 2.38. The summed E-state index contributed by atoms with van der Waals surface area (Å²) in [7, 11) is 0. The Labute approximate surface area is 188 Å². The molecule has 31 heavy (non-hydrogen) atoms. The van der Waals surface area contributed by atoms with Crippen LogP contribution in [0.4, 0.5) is 0 Å². The molecular formula is C28H42N2O. The number of unbranched alkanes of at least 4 members (excludes halogenated alkanes) is 1. The predicted molar refractivity (Wildman–Crippen MR) is 127 cm³/mol. The highest BCUT2D eigenvalue weighted by molar-refractivity contribution is 5.40. The quantitative estimate of drug-likeness (QED) is 0.544. The van der Waals surface area contributed by atoms with Crippen LogP contribution in [0.15, 0.2) is 30.6 Å². The van der Waals surface area contributed by atoms with Crippen LogP contribution in [-0.4, -0.2) is 20.1 Å². The van der Waals surface area contributed by atoms with Gasteiger partial charge in [0, 0.05) is 18.3 Å². The molecule has 3 aliphatic carbocycles. The van der Waals surface area contributed by atoms with Crippen LogP contribution in [0.2, 0.25) is 0 Å². The minimum Gasteiger partial charge on any atom is -0.390 e. The summed E-state index contributed by atoms with van der Waals surface area (Å²) in [6, 6.07) is 6.32. The average Bonchev–Trinajstić information content (AvgIpc) is 3.32. The van der Waals surface area contributed by atoms with E-state index >= 15 is 0 Å². The van der Waals surface area contributed by atoms with Crippen molar-refractivity contribution in [3.8, 4) is 0 Å². The van der Waals surface area contributed by atoms with E-state index in [1.807, 2.05) is 0 Å². The lowest BCUT2D eigenvalue weighted by molar-refractivity contribution is -0.0316. The second-order valence-corrected chi connectivity index (χ2v) is 11.8. The maximum atomic E-state index is 10.9. The molecule has 0 saturated heterocycles. The Morgan fingerprint density at radius 1 is 1.19 bits per heavy atom. The molecule has 2 heterocycles. The minimum absolute atomic E-state index is 0.415. The maximum Gasteiger partial charge on any atom is 0.136 e. The highest BCUT2D eigenvalue weighted by Crippen LogP contribution is 2.64. The fraction of sp³-hybridized carbons (Fsp3) is 0.750. The summed E-state index contributed by atoms with van der Waals surface area (Å²) >= 11 is 0. The number of pyridine rings is 1. The average molecular weight is 423 g/mol. The Kier molecular flexibility index (Phi) is 5.69. The van der Waals surface area contributed by atoms with Crippen LogP contribution in [0.25, 0.3) is 5.65 Å². The minimum atomic E-state index is -0.460. The SMILES string of the molecule is CCCCC(C)(O)C[C@H]1CCC2[C@H](CC[C@]3(C)[C@@H](c4cn5ccccc5n4)CC[C@@H]23)C1. The van der Waals surface area contributed by atoms with Crippen molar-refractivity contribution in [3.05, 3.63) is 36.3 Å². The van der Waals surface area contributed by atoms with Crippen molar-refractivity contribution < 1.29 is 5.11 Å². The summed E-state index contributed by atoms with van der Waals surface area (Å²) in [6.07, 6.45) is 18.3. The monoisotopic (exact) mass is 422 g/mol. The molecule has 0 aromatic carbocycles. The fourth-order valence-corrected chi connectivity index (χ4v) is 8.14. The first-order valence-corrected chi connectivity index (χ1v) is 13.1. The van der Waals surface area contributed by atoms with Gasteiger partial charge in [0.05, 0.1) is 11.3 Å². The van der Waals surface area contributed by atoms with Crippen LogP contribution in [0.5, 0.6) is 0 Å². The topological polar surface area (TPSA) is 37.5 Å². The number of hydrogen-bond donors (Lipinski definition) is 1. The lowest BCUT2D eigenvalue weighted by Crippen LogP contribution is -2.44. The maximum absolute atomic E-state index is 10.9. The van der Waals surface area contributed by atoms with Crippen LogP contribution in [0.1, 0.15) is 103 Å². The molecule has 7 atom stereocenters. The number of rotatable bonds is 6. The van der Waals surface area contributed by atoms with Gasteiger partial charge in [-0.25, -0.2) is 4.98 Å². The van der Waals surface area contributed by atoms with E-state index in [1.165, 1.54) is 57.1 Å². The third kappa shape index (κ3) is 3.96. The molecule has 3 saturated carbocycles. The summed E-state index contributed by atoms with van der Waals surface area (Å²) in [5.74, 6) is 4.00. The van der Waals surface area contributed by atoms with E-state index in [0.717, 1.165) is 48.6 Å². The second-order valence-electron chi connectivity index (χ2n) is 11.8. The van der Waals surface area contributed by atoms with Crippen molar-refractivity contribution in [2.24, 2.45) is 29.1 Å². The number of aromatic nitrogens is 2. The molecule has 3 fully saturated rings. The summed E-state index contributed by atoms with van der Waals surface area (Å²) in [4.78, 5) is 5.05. The van der Waals surface area contributed by atoms with Gasteiger partial charge in [-0.1, -0.05) is 39.2 Å². The van der Waals surface area contributed by atoms with Gasteiger partial charge < -0.3 is 9.51 Å². The van der Waals surface area contributed by atoms with Crippen LogP contribution >= 0.6 is 0 Å². The molecule has 0 spiro atoms. The van der Waals surface area contributed by atoms with E-state index in [4.69, 9.17) is 4.98 Å². The molecule has 5 rings (SSSR count). The first kappa shape index (κ1) is 21.5. The molecule has 2 unspecified atom stereocenters. The first-order valence-electron chi connectivity index (χ1n) is 13.1. The van der Waals surface area contributed by atoms with Gasteiger partial charge in [0.25, 0.3) is 0 Å². The van der Waals surface area contributed by atoms with Crippen molar-refractivity contribution >= 4 is 5.65 Å². The third-order valence-electron chi connectivity index (χ3n) is 9.67. The molecule has 3 aliphatic rings. The number of hydrogen-bond acceptors (Lipinski definition) is 2. The van der Waals surface area contributed by atoms with E-state index in [1.54, 1.807) is 0 Å². The van der Waals surface area contributed by atoms with Gasteiger partial charge in [0.1, 0.15) is 5.65 Å². The molecule has 3 heteroatoms. The third-order valence-corrected chi connectivity index (χ3v) is 9.67. The van der Waals surface area contributed by atoms with Gasteiger partial charge >= 0.3 is 0 Å². The fourth-order valence-electron chi connectivity index (χ4n) is 8.14. The van der Waals surface area contributed by atoms with E-state index in [2.05, 4.69) is 55.8 Å². The van der Waals surface area contributed by atoms with Crippen molar-refractivity contribution in [3.63, 3.8) is 0 Å². The molecule has 0 amide bonds. The zero-order chi connectivity index (χ0) is 21.6. The molecule has 170 valence electrons. The van der Waals surface area contributed by atoms with E-state index < -0.39 is 5.60 Å². The van der Waals surface area contributed by atoms with Crippen LogP contribution in [0, 0.1) is 29.1 Å². The van der Waals surface area contributed by atoms with Crippen molar-refractivity contribution in [2.45, 2.75) is 103 Å². The Bertz CT molecular complexity index is 868. The van der Waals surface area contributed by atoms with Gasteiger partial charge in [-0.2, -0.15) is 0 Å². The molecule has 1 N–H and O–H groups in total. The summed E-state index contributed by atoms with van der Waals surface area (Å²) in [6.45, 7) is 6.90. The van der Waals surface area contributed by atoms with E-state index in [9.17, 15) is 5.11 Å². The van der Waals surface area contributed by atoms with Gasteiger partial charge in [-0.15, -0.1) is 0 Å². The highest BCUT2D eigenvalue weighted by Gasteiger charge is 2.55. The Balaban J connectivity index is 1.28. The lowest BCUT2D eigenvalue weighted by atomic mass is 9.53. The zero-order valence-corrected chi connectivity index (χ0v) is 19.9. The standard InChI is InChI=1S/C28H42N2O/c1-4-5-14-27(2,31)18-20-9-10-22-21(17-20)13-15-28(3)23(22)11-12-24(28)25-19-30-16-7-6-8-26(30)29-25/h6-8,16,19-24,31H,4-5,9-15,17-18H2,1-3H3/t20-,21+,22?,23-,24+,27?,28-/m0/s1. The lowest BCUT2D eigenvalue weighted by Gasteiger charge is -2.52. The smallest absolute Gasteiger partial charge is 0.136 e. The Hall–Kier alpha value is -1.35. The van der Waals surface area contributed by atoms with Crippen molar-refractivity contribution in [1.82, 2.24) is 9.38 Å². The zero-order valence-electron chi connectivity index (χ0n) is 19.9. The number of imidazole rings is 1.